The SMILES string of the molecule is O=[N+]([O-])c1ccc(N=Cc2cccc([N+](=O)[O-])c2)cc1. The zero-order chi connectivity index (χ0) is 14.5. The molecule has 0 radical (unpaired) electrons. The van der Waals surface area contributed by atoms with Crippen molar-refractivity contribution in [3.05, 3.63) is 74.3 Å². The predicted molar refractivity (Wildman–Crippen MR) is 73.4 cm³/mol. The van der Waals surface area contributed by atoms with Crippen molar-refractivity contribution in [1.29, 1.82) is 0 Å². The molecule has 0 unspecified atom stereocenters. The molecule has 100 valence electrons. The van der Waals surface area contributed by atoms with Crippen LogP contribution in [0, 0.1) is 20.2 Å². The van der Waals surface area contributed by atoms with E-state index in [0.29, 0.717) is 11.3 Å². The molecule has 0 bridgehead atoms. The average molecular weight is 271 g/mol. The lowest BCUT2D eigenvalue weighted by atomic mass is 10.2. The third-order valence-corrected chi connectivity index (χ3v) is 2.50. The van der Waals surface area contributed by atoms with Crippen molar-refractivity contribution in [3.8, 4) is 0 Å². The molecule has 0 spiro atoms. The Bertz CT molecular complexity index is 680. The van der Waals surface area contributed by atoms with Crippen molar-refractivity contribution in [1.82, 2.24) is 0 Å². The van der Waals surface area contributed by atoms with Gasteiger partial charge in [0.05, 0.1) is 15.5 Å². The fourth-order valence-electron chi connectivity index (χ4n) is 1.53. The summed E-state index contributed by atoms with van der Waals surface area (Å²) in [6.07, 6.45) is 1.47. The van der Waals surface area contributed by atoms with Gasteiger partial charge in [0.15, 0.2) is 0 Å². The molecule has 0 heterocycles. The molecule has 0 saturated carbocycles. The summed E-state index contributed by atoms with van der Waals surface area (Å²) < 4.78 is 0. The molecular formula is C13H9N3O4. The van der Waals surface area contributed by atoms with Crippen LogP contribution >= 0.6 is 0 Å². The minimum atomic E-state index is -0.492. The Morgan fingerprint density at radius 1 is 0.900 bits per heavy atom. The zero-order valence-electron chi connectivity index (χ0n) is 10.2. The number of benzene rings is 2. The molecule has 0 atom stereocenters. The number of nitro benzene ring substituents is 2. The Labute approximate surface area is 113 Å². The van der Waals surface area contributed by atoms with Crippen molar-refractivity contribution in [2.45, 2.75) is 0 Å². The van der Waals surface area contributed by atoms with E-state index in [4.69, 9.17) is 0 Å². The van der Waals surface area contributed by atoms with E-state index >= 15 is 0 Å². The van der Waals surface area contributed by atoms with Crippen LogP contribution in [0.4, 0.5) is 17.1 Å². The van der Waals surface area contributed by atoms with Crippen LogP contribution in [0.5, 0.6) is 0 Å². The maximum atomic E-state index is 10.6. The molecule has 7 heteroatoms. The summed E-state index contributed by atoms with van der Waals surface area (Å²) in [4.78, 5) is 24.3. The molecule has 0 aromatic heterocycles. The first kappa shape index (κ1) is 13.3. The summed E-state index contributed by atoms with van der Waals surface area (Å²) in [5.41, 5.74) is 1.08. The van der Waals surface area contributed by atoms with Crippen LogP contribution in [-0.2, 0) is 0 Å². The first-order valence-electron chi connectivity index (χ1n) is 5.59. The van der Waals surface area contributed by atoms with Crippen LogP contribution < -0.4 is 0 Å². The normalized spacial score (nSPS) is 10.6. The van der Waals surface area contributed by atoms with Gasteiger partial charge in [-0.15, -0.1) is 0 Å². The molecule has 0 aliphatic carbocycles. The van der Waals surface area contributed by atoms with Crippen LogP contribution in [0.3, 0.4) is 0 Å². The molecule has 0 saturated heterocycles. The van der Waals surface area contributed by atoms with Crippen molar-refractivity contribution in [3.63, 3.8) is 0 Å². The van der Waals surface area contributed by atoms with Gasteiger partial charge >= 0.3 is 0 Å². The van der Waals surface area contributed by atoms with Crippen molar-refractivity contribution in [2.24, 2.45) is 4.99 Å². The first-order chi connectivity index (χ1) is 9.56. The fourth-order valence-corrected chi connectivity index (χ4v) is 1.53. The highest BCUT2D eigenvalue weighted by molar-refractivity contribution is 5.82. The summed E-state index contributed by atoms with van der Waals surface area (Å²) in [6.45, 7) is 0. The van der Waals surface area contributed by atoms with Crippen molar-refractivity contribution in [2.75, 3.05) is 0 Å². The molecule has 0 N–H and O–H groups in total. The van der Waals surface area contributed by atoms with Gasteiger partial charge in [-0.25, -0.2) is 0 Å². The van der Waals surface area contributed by atoms with E-state index in [0.717, 1.165) is 0 Å². The summed E-state index contributed by atoms with van der Waals surface area (Å²) in [5.74, 6) is 0. The highest BCUT2D eigenvalue weighted by atomic mass is 16.6. The number of nitro groups is 2. The molecule has 2 aromatic carbocycles. The Balaban J connectivity index is 2.18. The second-order valence-electron chi connectivity index (χ2n) is 3.88. The summed E-state index contributed by atoms with van der Waals surface area (Å²) in [7, 11) is 0. The molecular weight excluding hydrogens is 262 g/mol. The van der Waals surface area contributed by atoms with Gasteiger partial charge in [0.25, 0.3) is 11.4 Å². The predicted octanol–water partition coefficient (Wildman–Crippen LogP) is 3.25. The number of nitrogens with zero attached hydrogens (tertiary/aromatic N) is 3. The summed E-state index contributed by atoms with van der Waals surface area (Å²) in [6, 6.07) is 11.7. The van der Waals surface area contributed by atoms with Gasteiger partial charge in [0.2, 0.25) is 0 Å². The lowest BCUT2D eigenvalue weighted by molar-refractivity contribution is -0.385. The number of hydrogen-bond donors (Lipinski definition) is 0. The number of rotatable bonds is 4. The Morgan fingerprint density at radius 3 is 2.15 bits per heavy atom. The molecule has 20 heavy (non-hydrogen) atoms. The van der Waals surface area contributed by atoms with Gasteiger partial charge in [0, 0.05) is 30.5 Å². The maximum Gasteiger partial charge on any atom is 0.270 e. The van der Waals surface area contributed by atoms with Crippen LogP contribution in [0.1, 0.15) is 5.56 Å². The highest BCUT2D eigenvalue weighted by Crippen LogP contribution is 2.18. The summed E-state index contributed by atoms with van der Waals surface area (Å²) in [5, 5.41) is 21.1. The maximum absolute atomic E-state index is 10.6. The van der Waals surface area contributed by atoms with E-state index in [1.165, 1.54) is 42.6 Å². The first-order valence-corrected chi connectivity index (χ1v) is 5.59. The lowest BCUT2D eigenvalue weighted by Gasteiger charge is -1.95. The molecule has 7 nitrogen and oxygen atoms in total. The van der Waals surface area contributed by atoms with Crippen LogP contribution in [-0.4, -0.2) is 16.1 Å². The van der Waals surface area contributed by atoms with E-state index in [1.807, 2.05) is 0 Å². The van der Waals surface area contributed by atoms with Gasteiger partial charge in [-0.1, -0.05) is 12.1 Å². The Morgan fingerprint density at radius 2 is 1.55 bits per heavy atom. The smallest absolute Gasteiger partial charge is 0.258 e. The molecule has 0 fully saturated rings. The topological polar surface area (TPSA) is 98.6 Å². The minimum absolute atomic E-state index is 0.0145. The molecule has 2 aromatic rings. The van der Waals surface area contributed by atoms with E-state index < -0.39 is 9.85 Å². The quantitative estimate of drug-likeness (QED) is 0.484. The number of aliphatic imine (C=N–C) groups is 1. The average Bonchev–Trinajstić information content (AvgIpc) is 2.46. The van der Waals surface area contributed by atoms with Gasteiger partial charge in [-0.2, -0.15) is 0 Å². The second kappa shape index (κ2) is 5.70. The standard InChI is InChI=1S/C13H9N3O4/c17-15(18)12-6-4-11(5-7-12)14-9-10-2-1-3-13(8-10)16(19)20/h1-9H. The van der Waals surface area contributed by atoms with E-state index in [9.17, 15) is 20.2 Å². The lowest BCUT2D eigenvalue weighted by Crippen LogP contribution is -1.89. The monoisotopic (exact) mass is 271 g/mol. The molecule has 0 aliphatic rings. The number of non-ortho nitro benzene ring substituents is 2. The molecule has 0 amide bonds. The zero-order valence-corrected chi connectivity index (χ0v) is 10.2. The van der Waals surface area contributed by atoms with Gasteiger partial charge < -0.3 is 0 Å². The fraction of sp³-hybridized carbons (Fsp3) is 0. The van der Waals surface area contributed by atoms with Crippen molar-refractivity contribution < 1.29 is 9.85 Å². The third kappa shape index (κ3) is 3.22. The van der Waals surface area contributed by atoms with E-state index in [2.05, 4.69) is 4.99 Å². The second-order valence-corrected chi connectivity index (χ2v) is 3.88. The van der Waals surface area contributed by atoms with Crippen LogP contribution in [0.15, 0.2) is 53.5 Å². The highest BCUT2D eigenvalue weighted by Gasteiger charge is 2.05. The third-order valence-electron chi connectivity index (χ3n) is 2.50. The Kier molecular flexibility index (Phi) is 3.80. The minimum Gasteiger partial charge on any atom is -0.258 e. The molecule has 0 aliphatic heterocycles. The van der Waals surface area contributed by atoms with Gasteiger partial charge in [-0.05, 0) is 17.7 Å². The van der Waals surface area contributed by atoms with Crippen LogP contribution in [0.25, 0.3) is 0 Å². The van der Waals surface area contributed by atoms with Crippen LogP contribution in [0.2, 0.25) is 0 Å². The van der Waals surface area contributed by atoms with E-state index in [1.54, 1.807) is 12.1 Å². The van der Waals surface area contributed by atoms with Crippen molar-refractivity contribution >= 4 is 23.3 Å². The van der Waals surface area contributed by atoms with Gasteiger partial charge in [-0.3, -0.25) is 25.2 Å². The Hall–Kier alpha value is -3.09. The van der Waals surface area contributed by atoms with Gasteiger partial charge in [0.1, 0.15) is 0 Å². The largest absolute Gasteiger partial charge is 0.270 e. The van der Waals surface area contributed by atoms with E-state index in [-0.39, 0.29) is 11.4 Å². The summed E-state index contributed by atoms with van der Waals surface area (Å²) >= 11 is 0. The number of hydrogen-bond acceptors (Lipinski definition) is 5. The molecule has 2 rings (SSSR count).